The first-order chi connectivity index (χ1) is 16.0. The molecule has 0 radical (unpaired) electrons. The highest BCUT2D eigenvalue weighted by atomic mass is 32.2. The zero-order chi connectivity index (χ0) is 25.2. The lowest BCUT2D eigenvalue weighted by atomic mass is 9.99. The van der Waals surface area contributed by atoms with Gasteiger partial charge in [0.05, 0.1) is 36.5 Å². The van der Waals surface area contributed by atoms with Crippen LogP contribution in [-0.2, 0) is 19.1 Å². The van der Waals surface area contributed by atoms with Gasteiger partial charge in [0, 0.05) is 36.8 Å². The van der Waals surface area contributed by atoms with Gasteiger partial charge in [-0.1, -0.05) is 13.3 Å². The molecule has 9 heteroatoms. The lowest BCUT2D eigenvalue weighted by Gasteiger charge is -2.29. The van der Waals surface area contributed by atoms with E-state index in [2.05, 4.69) is 16.0 Å². The van der Waals surface area contributed by atoms with Gasteiger partial charge >= 0.3 is 6.03 Å². The Morgan fingerprint density at radius 1 is 1.03 bits per heavy atom. The number of amides is 3. The van der Waals surface area contributed by atoms with E-state index in [4.69, 9.17) is 9.47 Å². The van der Waals surface area contributed by atoms with E-state index in [1.165, 1.54) is 0 Å². The third kappa shape index (κ3) is 10.5. The van der Waals surface area contributed by atoms with Crippen LogP contribution in [-0.4, -0.2) is 71.8 Å². The van der Waals surface area contributed by atoms with Crippen LogP contribution >= 0.6 is 11.8 Å². The Labute approximate surface area is 209 Å². The minimum absolute atomic E-state index is 0.0541. The van der Waals surface area contributed by atoms with E-state index in [1.807, 2.05) is 46.4 Å². The van der Waals surface area contributed by atoms with Crippen molar-refractivity contribution in [1.82, 2.24) is 16.0 Å². The number of hydrogen-bond acceptors (Lipinski definition) is 6. The highest BCUT2D eigenvalue weighted by Gasteiger charge is 2.42. The minimum Gasteiger partial charge on any atom is -0.375 e. The van der Waals surface area contributed by atoms with E-state index in [-0.39, 0.29) is 41.0 Å². The average Bonchev–Trinajstić information content (AvgIpc) is 3.31. The van der Waals surface area contributed by atoms with Crippen LogP contribution < -0.4 is 16.0 Å². The maximum absolute atomic E-state index is 12.1. The molecule has 8 nitrogen and oxygen atoms in total. The van der Waals surface area contributed by atoms with Crippen LogP contribution in [0, 0.1) is 0 Å². The lowest BCUT2D eigenvalue weighted by Crippen LogP contribution is -2.36. The Morgan fingerprint density at radius 2 is 1.74 bits per heavy atom. The Hall–Kier alpha value is -1.32. The smallest absolute Gasteiger partial charge is 0.315 e. The summed E-state index contributed by atoms with van der Waals surface area (Å²) in [5, 5.41) is 9.35. The second-order valence-corrected chi connectivity index (χ2v) is 11.8. The van der Waals surface area contributed by atoms with Crippen LogP contribution in [0.2, 0.25) is 0 Å². The Morgan fingerprint density at radius 3 is 2.47 bits per heavy atom. The molecule has 2 fully saturated rings. The molecule has 3 atom stereocenters. The second kappa shape index (κ2) is 13.7. The van der Waals surface area contributed by atoms with Crippen molar-refractivity contribution < 1.29 is 23.9 Å². The van der Waals surface area contributed by atoms with Crippen molar-refractivity contribution in [2.75, 3.05) is 25.5 Å². The molecule has 3 N–H and O–H groups in total. The number of nitrogens with one attached hydrogen (secondary N) is 3. The van der Waals surface area contributed by atoms with Gasteiger partial charge in [-0.15, -0.1) is 0 Å². The summed E-state index contributed by atoms with van der Waals surface area (Å²) in [5.74, 6) is 1.29. The standard InChI is InChI=1S/C25H45N3O5S/c1-6-18(29)11-12-24(2,3)32-15-13-25(4,5)33-16-14-26-21(30)10-8-7-9-20-22-19(17-34-20)27-23(31)28-22/h19-20,22H,6-17H2,1-5H3,(H,26,30)(H2,27,28,31)/t19-,20-,22-/m0/s1. The number of carbonyl (C=O) groups is 3. The molecule has 3 amide bonds. The van der Waals surface area contributed by atoms with E-state index in [0.717, 1.165) is 37.9 Å². The molecule has 196 valence electrons. The number of carbonyl (C=O) groups excluding carboxylic acids is 3. The maximum Gasteiger partial charge on any atom is 0.315 e. The van der Waals surface area contributed by atoms with Crippen molar-refractivity contribution >= 4 is 29.5 Å². The number of fused-ring (bicyclic) bond motifs is 1. The van der Waals surface area contributed by atoms with Gasteiger partial charge in [-0.25, -0.2) is 4.79 Å². The Kier molecular flexibility index (Phi) is 11.6. The Balaban J connectivity index is 1.49. The van der Waals surface area contributed by atoms with E-state index in [9.17, 15) is 14.4 Å². The van der Waals surface area contributed by atoms with E-state index in [1.54, 1.807) is 0 Å². The van der Waals surface area contributed by atoms with Crippen molar-refractivity contribution in [1.29, 1.82) is 0 Å². The monoisotopic (exact) mass is 499 g/mol. The maximum atomic E-state index is 12.1. The predicted octanol–water partition coefficient (Wildman–Crippen LogP) is 3.57. The molecule has 0 aromatic carbocycles. The molecule has 0 bridgehead atoms. The number of hydrogen-bond donors (Lipinski definition) is 3. The number of Topliss-reactive ketones (excluding diaryl/α,β-unsaturated/α-hetero) is 1. The van der Waals surface area contributed by atoms with Gasteiger partial charge in [0.15, 0.2) is 0 Å². The first-order valence-corrected chi connectivity index (χ1v) is 13.8. The number of unbranched alkanes of at least 4 members (excludes halogenated alkanes) is 1. The molecule has 0 aromatic heterocycles. The van der Waals surface area contributed by atoms with Crippen LogP contribution in [0.3, 0.4) is 0 Å². The molecule has 0 saturated carbocycles. The fraction of sp³-hybridized carbons (Fsp3) is 0.880. The number of rotatable bonds is 17. The number of urea groups is 1. The van der Waals surface area contributed by atoms with Crippen LogP contribution in [0.4, 0.5) is 4.79 Å². The molecule has 0 aliphatic carbocycles. The highest BCUT2D eigenvalue weighted by molar-refractivity contribution is 8.00. The van der Waals surface area contributed by atoms with Crippen molar-refractivity contribution in [3.8, 4) is 0 Å². The molecular formula is C25H45N3O5S. The van der Waals surface area contributed by atoms with Gasteiger partial charge in [0.25, 0.3) is 0 Å². The molecule has 2 rings (SSSR count). The number of thioether (sulfide) groups is 1. The van der Waals surface area contributed by atoms with Gasteiger partial charge in [-0.2, -0.15) is 11.8 Å². The van der Waals surface area contributed by atoms with Gasteiger partial charge in [0.2, 0.25) is 5.91 Å². The fourth-order valence-electron chi connectivity index (χ4n) is 4.21. The largest absolute Gasteiger partial charge is 0.375 e. The third-order valence-electron chi connectivity index (χ3n) is 6.59. The summed E-state index contributed by atoms with van der Waals surface area (Å²) in [6, 6.07) is 0.430. The minimum atomic E-state index is -0.346. The molecule has 2 aliphatic heterocycles. The molecule has 34 heavy (non-hydrogen) atoms. The summed E-state index contributed by atoms with van der Waals surface area (Å²) in [6.45, 7) is 11.5. The zero-order valence-corrected chi connectivity index (χ0v) is 22.5. The van der Waals surface area contributed by atoms with Crippen molar-refractivity contribution in [3.05, 3.63) is 0 Å². The van der Waals surface area contributed by atoms with Gasteiger partial charge < -0.3 is 25.4 Å². The van der Waals surface area contributed by atoms with Gasteiger partial charge in [-0.05, 0) is 53.4 Å². The zero-order valence-electron chi connectivity index (χ0n) is 21.7. The van der Waals surface area contributed by atoms with Crippen molar-refractivity contribution in [3.63, 3.8) is 0 Å². The Bertz CT molecular complexity index is 685. The summed E-state index contributed by atoms with van der Waals surface area (Å²) >= 11 is 1.91. The molecule has 2 heterocycles. The molecular weight excluding hydrogens is 454 g/mol. The third-order valence-corrected chi connectivity index (χ3v) is 8.10. The van der Waals surface area contributed by atoms with Crippen molar-refractivity contribution in [2.45, 2.75) is 115 Å². The summed E-state index contributed by atoms with van der Waals surface area (Å²) in [5.41, 5.74) is -0.670. The van der Waals surface area contributed by atoms with E-state index < -0.39 is 0 Å². The number of ketones is 1. The molecule has 0 aromatic rings. The lowest BCUT2D eigenvalue weighted by molar-refractivity contribution is -0.122. The van der Waals surface area contributed by atoms with E-state index in [0.29, 0.717) is 44.3 Å². The van der Waals surface area contributed by atoms with Crippen LogP contribution in [0.5, 0.6) is 0 Å². The first-order valence-electron chi connectivity index (χ1n) is 12.8. The molecule has 2 aliphatic rings. The fourth-order valence-corrected chi connectivity index (χ4v) is 5.76. The summed E-state index contributed by atoms with van der Waals surface area (Å²) in [4.78, 5) is 35.1. The topological polar surface area (TPSA) is 106 Å². The number of ether oxygens (including phenoxy) is 2. The first kappa shape index (κ1) is 28.9. The second-order valence-electron chi connectivity index (χ2n) is 10.6. The van der Waals surface area contributed by atoms with Crippen LogP contribution in [0.15, 0.2) is 0 Å². The predicted molar refractivity (Wildman–Crippen MR) is 136 cm³/mol. The SMILES string of the molecule is CCC(=O)CCC(C)(C)OCCC(C)(C)OCCNC(=O)CCCC[C@@H]1SC[C@@H]2NC(=O)N[C@@H]21. The average molecular weight is 500 g/mol. The van der Waals surface area contributed by atoms with E-state index >= 15 is 0 Å². The molecule has 0 unspecified atom stereocenters. The summed E-state index contributed by atoms with van der Waals surface area (Å²) in [6.07, 6.45) is 5.97. The summed E-state index contributed by atoms with van der Waals surface area (Å²) < 4.78 is 12.0. The summed E-state index contributed by atoms with van der Waals surface area (Å²) in [7, 11) is 0. The highest BCUT2D eigenvalue weighted by Crippen LogP contribution is 2.33. The van der Waals surface area contributed by atoms with Crippen molar-refractivity contribution in [2.24, 2.45) is 0 Å². The molecule has 0 spiro atoms. The quantitative estimate of drug-likeness (QED) is 0.209. The van der Waals surface area contributed by atoms with Gasteiger partial charge in [0.1, 0.15) is 5.78 Å². The van der Waals surface area contributed by atoms with Crippen LogP contribution in [0.25, 0.3) is 0 Å². The molecule has 2 saturated heterocycles. The van der Waals surface area contributed by atoms with Crippen LogP contribution in [0.1, 0.15) is 86.0 Å². The van der Waals surface area contributed by atoms with Gasteiger partial charge in [-0.3, -0.25) is 9.59 Å². The normalized spacial score (nSPS) is 22.3.